The maximum absolute atomic E-state index is 13.3. The van der Waals surface area contributed by atoms with Gasteiger partial charge >= 0.3 is 0 Å². The van der Waals surface area contributed by atoms with Crippen molar-refractivity contribution in [3.05, 3.63) is 77.4 Å². The Kier molecular flexibility index (Phi) is 4.78. The zero-order chi connectivity index (χ0) is 21.4. The third-order valence-corrected chi connectivity index (χ3v) is 5.55. The van der Waals surface area contributed by atoms with Crippen LogP contribution in [0.5, 0.6) is 23.0 Å². The van der Waals surface area contributed by atoms with Gasteiger partial charge in [-0.05, 0) is 35.9 Å². The van der Waals surface area contributed by atoms with E-state index in [4.69, 9.17) is 18.9 Å². The summed E-state index contributed by atoms with van der Waals surface area (Å²) < 4.78 is 21.8. The molecule has 1 atom stereocenters. The van der Waals surface area contributed by atoms with Gasteiger partial charge in [0, 0.05) is 23.7 Å². The van der Waals surface area contributed by atoms with Crippen LogP contribution in [0.1, 0.15) is 27.7 Å². The molecule has 0 aromatic heterocycles. The summed E-state index contributed by atoms with van der Waals surface area (Å²) in [5.41, 5.74) is 3.29. The Morgan fingerprint density at radius 3 is 2.68 bits per heavy atom. The minimum Gasteiger partial charge on any atom is -0.497 e. The van der Waals surface area contributed by atoms with E-state index in [0.29, 0.717) is 29.4 Å². The van der Waals surface area contributed by atoms with Crippen LogP contribution >= 0.6 is 0 Å². The number of fused-ring (bicyclic) bond motifs is 2. The summed E-state index contributed by atoms with van der Waals surface area (Å²) in [5.74, 6) is 2.74. The van der Waals surface area contributed by atoms with Gasteiger partial charge in [0.1, 0.15) is 17.7 Å². The quantitative estimate of drug-likeness (QED) is 0.647. The standard InChI is InChI=1S/C24H22N2O5/c1-28-16-8-10-20(29-2)19(12-16)25-23-17-5-3-4-6-18(17)24(27)26(23)13-15-7-9-21-22(11-15)31-14-30-21/h3-12,23,25H,13-14H2,1-2H3/t23-/m1/s1. The first-order chi connectivity index (χ1) is 15.2. The maximum atomic E-state index is 13.3. The highest BCUT2D eigenvalue weighted by atomic mass is 16.7. The van der Waals surface area contributed by atoms with Gasteiger partial charge in [0.15, 0.2) is 11.5 Å². The van der Waals surface area contributed by atoms with E-state index in [1.807, 2.05) is 60.7 Å². The van der Waals surface area contributed by atoms with Gasteiger partial charge < -0.3 is 29.2 Å². The van der Waals surface area contributed by atoms with Gasteiger partial charge in [-0.25, -0.2) is 0 Å². The number of nitrogens with one attached hydrogen (secondary N) is 1. The third kappa shape index (κ3) is 3.38. The molecule has 158 valence electrons. The van der Waals surface area contributed by atoms with Gasteiger partial charge in [-0.1, -0.05) is 24.3 Å². The molecule has 7 nitrogen and oxygen atoms in total. The Balaban J connectivity index is 1.50. The molecule has 0 spiro atoms. The Labute approximate surface area is 180 Å². The number of carbonyl (C=O) groups is 1. The molecule has 3 aromatic carbocycles. The number of nitrogens with zero attached hydrogens (tertiary/aromatic N) is 1. The highest BCUT2D eigenvalue weighted by Crippen LogP contribution is 2.40. The first-order valence-electron chi connectivity index (χ1n) is 9.95. The third-order valence-electron chi connectivity index (χ3n) is 5.55. The lowest BCUT2D eigenvalue weighted by molar-refractivity contribution is 0.0728. The van der Waals surface area contributed by atoms with Crippen molar-refractivity contribution in [2.75, 3.05) is 26.3 Å². The van der Waals surface area contributed by atoms with Crippen molar-refractivity contribution in [2.24, 2.45) is 0 Å². The molecule has 1 N–H and O–H groups in total. The first kappa shape index (κ1) is 19.1. The molecule has 0 aliphatic carbocycles. The minimum atomic E-state index is -0.366. The zero-order valence-electron chi connectivity index (χ0n) is 17.3. The van der Waals surface area contributed by atoms with Gasteiger partial charge in [-0.2, -0.15) is 0 Å². The molecule has 5 rings (SSSR count). The number of amides is 1. The second-order valence-electron chi connectivity index (χ2n) is 7.32. The van der Waals surface area contributed by atoms with Crippen molar-refractivity contribution in [3.8, 4) is 23.0 Å². The molecule has 2 heterocycles. The lowest BCUT2D eigenvalue weighted by atomic mass is 10.1. The van der Waals surface area contributed by atoms with Gasteiger partial charge in [0.05, 0.1) is 19.9 Å². The van der Waals surface area contributed by atoms with Crippen LogP contribution in [0.25, 0.3) is 0 Å². The predicted molar refractivity (Wildman–Crippen MR) is 115 cm³/mol. The number of ether oxygens (including phenoxy) is 4. The zero-order valence-corrected chi connectivity index (χ0v) is 17.3. The number of hydrogen-bond acceptors (Lipinski definition) is 6. The molecule has 0 saturated heterocycles. The van der Waals surface area contributed by atoms with Crippen LogP contribution in [-0.4, -0.2) is 31.8 Å². The van der Waals surface area contributed by atoms with Crippen LogP contribution in [0, 0.1) is 0 Å². The summed E-state index contributed by atoms with van der Waals surface area (Å²) in [5, 5.41) is 3.49. The number of rotatable bonds is 6. The fraction of sp³-hybridized carbons (Fsp3) is 0.208. The molecule has 2 aliphatic heterocycles. The summed E-state index contributed by atoms with van der Waals surface area (Å²) in [6.45, 7) is 0.626. The molecule has 0 saturated carbocycles. The number of anilines is 1. The molecule has 1 amide bonds. The lowest BCUT2D eigenvalue weighted by Gasteiger charge is -2.28. The van der Waals surface area contributed by atoms with Crippen molar-refractivity contribution in [1.82, 2.24) is 4.90 Å². The first-order valence-corrected chi connectivity index (χ1v) is 9.95. The van der Waals surface area contributed by atoms with Crippen LogP contribution in [0.3, 0.4) is 0 Å². The SMILES string of the molecule is COc1ccc(OC)c(N[C@H]2c3ccccc3C(=O)N2Cc2ccc3c(c2)OCO3)c1. The number of benzene rings is 3. The molecule has 0 bridgehead atoms. The predicted octanol–water partition coefficient (Wildman–Crippen LogP) is 4.20. The Hall–Kier alpha value is -3.87. The average molecular weight is 418 g/mol. The lowest BCUT2D eigenvalue weighted by Crippen LogP contribution is -2.32. The second kappa shape index (κ2) is 7.75. The van der Waals surface area contributed by atoms with Crippen molar-refractivity contribution in [1.29, 1.82) is 0 Å². The Morgan fingerprint density at radius 2 is 1.84 bits per heavy atom. The largest absolute Gasteiger partial charge is 0.497 e. The van der Waals surface area contributed by atoms with Gasteiger partial charge in [0.25, 0.3) is 5.91 Å². The van der Waals surface area contributed by atoms with E-state index in [0.717, 1.165) is 22.6 Å². The molecule has 3 aromatic rings. The number of methoxy groups -OCH3 is 2. The minimum absolute atomic E-state index is 0.0346. The highest BCUT2D eigenvalue weighted by molar-refractivity contribution is 5.99. The molecule has 0 unspecified atom stereocenters. The van der Waals surface area contributed by atoms with Gasteiger partial charge in [-0.15, -0.1) is 0 Å². The molecular weight excluding hydrogens is 396 g/mol. The van der Waals surface area contributed by atoms with Crippen LogP contribution in [0.2, 0.25) is 0 Å². The number of hydrogen-bond donors (Lipinski definition) is 1. The highest BCUT2D eigenvalue weighted by Gasteiger charge is 2.37. The van der Waals surface area contributed by atoms with E-state index in [9.17, 15) is 4.79 Å². The van der Waals surface area contributed by atoms with Crippen LogP contribution in [0.15, 0.2) is 60.7 Å². The molecule has 7 heteroatoms. The second-order valence-corrected chi connectivity index (χ2v) is 7.32. The average Bonchev–Trinajstić information content (AvgIpc) is 3.37. The van der Waals surface area contributed by atoms with E-state index >= 15 is 0 Å². The monoisotopic (exact) mass is 418 g/mol. The van der Waals surface area contributed by atoms with Crippen LogP contribution in [0.4, 0.5) is 5.69 Å². The summed E-state index contributed by atoms with van der Waals surface area (Å²) in [6.07, 6.45) is -0.366. The van der Waals surface area contributed by atoms with Gasteiger partial charge in [-0.3, -0.25) is 4.79 Å². The van der Waals surface area contributed by atoms with Crippen molar-refractivity contribution in [3.63, 3.8) is 0 Å². The summed E-state index contributed by atoms with van der Waals surface area (Å²) >= 11 is 0. The van der Waals surface area contributed by atoms with E-state index in [1.165, 1.54) is 0 Å². The van der Waals surface area contributed by atoms with E-state index < -0.39 is 0 Å². The molecular formula is C24H22N2O5. The summed E-state index contributed by atoms with van der Waals surface area (Å²) in [7, 11) is 3.23. The molecule has 0 fully saturated rings. The molecule has 0 radical (unpaired) electrons. The Bertz CT molecular complexity index is 1150. The smallest absolute Gasteiger partial charge is 0.256 e. The Morgan fingerprint density at radius 1 is 1.00 bits per heavy atom. The summed E-state index contributed by atoms with van der Waals surface area (Å²) in [4.78, 5) is 15.1. The normalized spacial score (nSPS) is 16.3. The van der Waals surface area contributed by atoms with Crippen LogP contribution in [-0.2, 0) is 6.54 Å². The topological polar surface area (TPSA) is 69.3 Å². The van der Waals surface area contributed by atoms with Crippen molar-refractivity contribution >= 4 is 11.6 Å². The fourth-order valence-electron chi connectivity index (χ4n) is 4.00. The van der Waals surface area contributed by atoms with Crippen molar-refractivity contribution in [2.45, 2.75) is 12.7 Å². The summed E-state index contributed by atoms with van der Waals surface area (Å²) in [6, 6.07) is 18.9. The molecule has 2 aliphatic rings. The van der Waals surface area contributed by atoms with Crippen molar-refractivity contribution < 1.29 is 23.7 Å². The maximum Gasteiger partial charge on any atom is 0.256 e. The van der Waals surface area contributed by atoms with E-state index in [2.05, 4.69) is 5.32 Å². The fourth-order valence-corrected chi connectivity index (χ4v) is 4.00. The number of carbonyl (C=O) groups excluding carboxylic acids is 1. The van der Waals surface area contributed by atoms with Gasteiger partial charge in [0.2, 0.25) is 6.79 Å². The van der Waals surface area contributed by atoms with Crippen LogP contribution < -0.4 is 24.3 Å². The molecule has 31 heavy (non-hydrogen) atoms. The van der Waals surface area contributed by atoms with E-state index in [-0.39, 0.29) is 18.9 Å². The van der Waals surface area contributed by atoms with E-state index in [1.54, 1.807) is 19.1 Å².